The van der Waals surface area contributed by atoms with Crippen molar-refractivity contribution in [2.75, 3.05) is 13.1 Å². The zero-order valence-electron chi connectivity index (χ0n) is 15.1. The lowest BCUT2D eigenvalue weighted by Crippen LogP contribution is -2.52. The molecule has 1 saturated heterocycles. The van der Waals surface area contributed by atoms with Crippen LogP contribution in [0.5, 0.6) is 5.75 Å². The fourth-order valence-corrected chi connectivity index (χ4v) is 4.77. The summed E-state index contributed by atoms with van der Waals surface area (Å²) in [5.41, 5.74) is 1.79. The second kappa shape index (κ2) is 7.61. The van der Waals surface area contributed by atoms with Crippen molar-refractivity contribution in [1.82, 2.24) is 4.90 Å². The number of piperidine rings is 1. The van der Waals surface area contributed by atoms with Gasteiger partial charge >= 0.3 is 0 Å². The van der Waals surface area contributed by atoms with Crippen LogP contribution in [0.15, 0.2) is 60.7 Å². The molecule has 132 valence electrons. The molecule has 2 aliphatic rings. The molecule has 0 atom stereocenters. The third-order valence-electron chi connectivity index (χ3n) is 6.09. The topological polar surface area (TPSA) is 12.5 Å². The molecule has 0 aromatic heterocycles. The molecule has 0 bridgehead atoms. The lowest BCUT2D eigenvalue weighted by Gasteiger charge is -2.49. The lowest BCUT2D eigenvalue weighted by molar-refractivity contribution is -0.00126. The first-order valence-electron chi connectivity index (χ1n) is 9.89. The van der Waals surface area contributed by atoms with E-state index in [1.54, 1.807) is 0 Å². The van der Waals surface area contributed by atoms with E-state index in [1.165, 1.54) is 37.7 Å². The van der Waals surface area contributed by atoms with Gasteiger partial charge in [0.05, 0.1) is 0 Å². The Morgan fingerprint density at radius 2 is 1.36 bits per heavy atom. The van der Waals surface area contributed by atoms with E-state index in [0.717, 1.165) is 31.7 Å². The fraction of sp³-hybridized carbons (Fsp3) is 0.478. The summed E-state index contributed by atoms with van der Waals surface area (Å²) in [7, 11) is 0. The van der Waals surface area contributed by atoms with Crippen molar-refractivity contribution in [3.05, 3.63) is 66.2 Å². The first-order chi connectivity index (χ1) is 12.4. The Morgan fingerprint density at radius 1 is 0.760 bits per heavy atom. The van der Waals surface area contributed by atoms with Crippen LogP contribution in [0.25, 0.3) is 0 Å². The Balaban J connectivity index is 1.46. The highest BCUT2D eigenvalue weighted by Crippen LogP contribution is 2.43. The monoisotopic (exact) mass is 335 g/mol. The van der Waals surface area contributed by atoms with Crippen LogP contribution in [0, 0.1) is 0 Å². The smallest absolute Gasteiger partial charge is 0.119 e. The molecule has 0 N–H and O–H groups in total. The summed E-state index contributed by atoms with van der Waals surface area (Å²) >= 11 is 0. The Labute approximate surface area is 151 Å². The lowest BCUT2D eigenvalue weighted by atomic mass is 9.74. The van der Waals surface area contributed by atoms with Crippen LogP contribution in [0.3, 0.4) is 0 Å². The number of nitrogens with zero attached hydrogens (tertiary/aromatic N) is 1. The van der Waals surface area contributed by atoms with Crippen LogP contribution in [-0.4, -0.2) is 24.1 Å². The normalized spacial score (nSPS) is 21.8. The Bertz CT molecular complexity index is 640. The van der Waals surface area contributed by atoms with E-state index in [1.807, 2.05) is 6.07 Å². The average Bonchev–Trinajstić information content (AvgIpc) is 2.70. The van der Waals surface area contributed by atoms with E-state index in [2.05, 4.69) is 59.5 Å². The van der Waals surface area contributed by atoms with Gasteiger partial charge in [-0.15, -0.1) is 0 Å². The van der Waals surface area contributed by atoms with Crippen molar-refractivity contribution >= 4 is 0 Å². The Kier molecular flexibility index (Phi) is 5.07. The molecular formula is C23H29NO. The summed E-state index contributed by atoms with van der Waals surface area (Å²) in [6, 6.07) is 21.5. The summed E-state index contributed by atoms with van der Waals surface area (Å²) in [5, 5.41) is 0. The third kappa shape index (κ3) is 3.59. The maximum absolute atomic E-state index is 6.20. The van der Waals surface area contributed by atoms with Gasteiger partial charge in [-0.3, -0.25) is 4.90 Å². The van der Waals surface area contributed by atoms with Crippen LogP contribution in [0.1, 0.15) is 50.5 Å². The van der Waals surface area contributed by atoms with Gasteiger partial charge in [0.25, 0.3) is 0 Å². The van der Waals surface area contributed by atoms with Gasteiger partial charge < -0.3 is 4.74 Å². The van der Waals surface area contributed by atoms with Crippen LogP contribution in [0.4, 0.5) is 0 Å². The van der Waals surface area contributed by atoms with Crippen molar-refractivity contribution in [3.63, 3.8) is 0 Å². The molecule has 1 heterocycles. The molecule has 0 amide bonds. The number of likely N-dealkylation sites (tertiary alicyclic amines) is 1. The predicted molar refractivity (Wildman–Crippen MR) is 103 cm³/mol. The average molecular weight is 335 g/mol. The van der Waals surface area contributed by atoms with Gasteiger partial charge in [0.2, 0.25) is 0 Å². The minimum atomic E-state index is 0.261. The third-order valence-corrected chi connectivity index (χ3v) is 6.09. The van der Waals surface area contributed by atoms with Crippen molar-refractivity contribution in [3.8, 4) is 5.75 Å². The highest BCUT2D eigenvalue weighted by Gasteiger charge is 2.41. The highest BCUT2D eigenvalue weighted by atomic mass is 16.5. The molecule has 0 spiro atoms. The van der Waals surface area contributed by atoms with E-state index in [-0.39, 0.29) is 5.54 Å². The maximum atomic E-state index is 6.20. The molecule has 1 saturated carbocycles. The van der Waals surface area contributed by atoms with Gasteiger partial charge in [-0.1, -0.05) is 67.8 Å². The van der Waals surface area contributed by atoms with Crippen LogP contribution in [0.2, 0.25) is 0 Å². The maximum Gasteiger partial charge on any atom is 0.119 e. The molecule has 2 aromatic carbocycles. The van der Waals surface area contributed by atoms with Crippen LogP contribution in [-0.2, 0) is 5.54 Å². The molecule has 4 rings (SSSR count). The van der Waals surface area contributed by atoms with Gasteiger partial charge in [0.1, 0.15) is 11.9 Å². The second-order valence-electron chi connectivity index (χ2n) is 7.58. The van der Waals surface area contributed by atoms with Gasteiger partial charge in [0, 0.05) is 18.6 Å². The fourth-order valence-electron chi connectivity index (χ4n) is 4.77. The van der Waals surface area contributed by atoms with E-state index in [4.69, 9.17) is 4.74 Å². The number of hydrogen-bond donors (Lipinski definition) is 0. The summed E-state index contributed by atoms with van der Waals surface area (Å²) in [5.74, 6) is 1.01. The molecule has 0 radical (unpaired) electrons. The minimum absolute atomic E-state index is 0.261. The molecular weight excluding hydrogens is 306 g/mol. The zero-order valence-corrected chi connectivity index (χ0v) is 15.1. The summed E-state index contributed by atoms with van der Waals surface area (Å²) in [6.45, 7) is 2.29. The SMILES string of the molecule is c1ccc(OC2CCN(C3(c4ccccc4)CCCCC3)CC2)cc1. The van der Waals surface area contributed by atoms with E-state index in [0.29, 0.717) is 6.10 Å². The van der Waals surface area contributed by atoms with Crippen LogP contribution < -0.4 is 4.74 Å². The van der Waals surface area contributed by atoms with Gasteiger partial charge in [0.15, 0.2) is 0 Å². The molecule has 0 unspecified atom stereocenters. The molecule has 2 nitrogen and oxygen atoms in total. The molecule has 2 aromatic rings. The van der Waals surface area contributed by atoms with Crippen LogP contribution >= 0.6 is 0 Å². The summed E-state index contributed by atoms with van der Waals surface area (Å²) in [4.78, 5) is 2.77. The first-order valence-corrected chi connectivity index (χ1v) is 9.89. The second-order valence-corrected chi connectivity index (χ2v) is 7.58. The summed E-state index contributed by atoms with van der Waals surface area (Å²) < 4.78 is 6.20. The minimum Gasteiger partial charge on any atom is -0.490 e. The molecule has 1 aliphatic carbocycles. The molecule has 25 heavy (non-hydrogen) atoms. The Morgan fingerprint density at radius 3 is 2.00 bits per heavy atom. The van der Waals surface area contributed by atoms with Gasteiger partial charge in [-0.2, -0.15) is 0 Å². The van der Waals surface area contributed by atoms with Crippen molar-refractivity contribution in [2.45, 2.75) is 56.6 Å². The van der Waals surface area contributed by atoms with Crippen molar-refractivity contribution in [1.29, 1.82) is 0 Å². The molecule has 1 aliphatic heterocycles. The zero-order chi connectivity index (χ0) is 17.0. The number of para-hydroxylation sites is 1. The molecule has 2 heteroatoms. The number of hydrogen-bond acceptors (Lipinski definition) is 2. The van der Waals surface area contributed by atoms with Gasteiger partial charge in [-0.25, -0.2) is 0 Å². The van der Waals surface area contributed by atoms with Gasteiger partial charge in [-0.05, 0) is 43.4 Å². The largest absolute Gasteiger partial charge is 0.490 e. The van der Waals surface area contributed by atoms with Crippen molar-refractivity contribution in [2.24, 2.45) is 0 Å². The number of ether oxygens (including phenoxy) is 1. The first kappa shape index (κ1) is 16.7. The standard InChI is InChI=1S/C23H29NO/c1-4-10-20(11-5-1)23(16-8-3-9-17-23)24-18-14-22(15-19-24)25-21-12-6-2-7-13-21/h1-2,4-7,10-13,22H,3,8-9,14-19H2. The number of rotatable bonds is 4. The van der Waals surface area contributed by atoms with E-state index >= 15 is 0 Å². The Hall–Kier alpha value is -1.80. The van der Waals surface area contributed by atoms with E-state index < -0.39 is 0 Å². The number of benzene rings is 2. The summed E-state index contributed by atoms with van der Waals surface area (Å²) in [6.07, 6.45) is 9.33. The van der Waals surface area contributed by atoms with E-state index in [9.17, 15) is 0 Å². The quantitative estimate of drug-likeness (QED) is 0.743. The van der Waals surface area contributed by atoms with Crippen molar-refractivity contribution < 1.29 is 4.74 Å². The molecule has 2 fully saturated rings. The highest BCUT2D eigenvalue weighted by molar-refractivity contribution is 5.26. The predicted octanol–water partition coefficient (Wildman–Crippen LogP) is 5.39.